The second-order valence-electron chi connectivity index (χ2n) is 6.34. The summed E-state index contributed by atoms with van der Waals surface area (Å²) in [5, 5.41) is 27.7. The molecule has 0 saturated heterocycles. The molecule has 1 aromatic heterocycles. The van der Waals surface area contributed by atoms with Crippen LogP contribution in [0, 0.1) is 5.21 Å². The molecule has 0 radical (unpaired) electrons. The van der Waals surface area contributed by atoms with Gasteiger partial charge in [-0.15, -0.1) is 0 Å². The summed E-state index contributed by atoms with van der Waals surface area (Å²) in [6, 6.07) is 12.7. The Morgan fingerprint density at radius 2 is 1.88 bits per heavy atom. The van der Waals surface area contributed by atoms with Gasteiger partial charge in [0, 0.05) is 28.0 Å². The van der Waals surface area contributed by atoms with E-state index in [0.29, 0.717) is 23.7 Å². The van der Waals surface area contributed by atoms with Gasteiger partial charge < -0.3 is 20.3 Å². The zero-order valence-corrected chi connectivity index (χ0v) is 15.6. The summed E-state index contributed by atoms with van der Waals surface area (Å²) < 4.78 is -0.367. The van der Waals surface area contributed by atoms with Crippen molar-refractivity contribution < 1.29 is 9.75 Å². The van der Waals surface area contributed by atoms with Crippen molar-refractivity contribution in [3.8, 4) is 5.75 Å². The number of fused-ring (bicyclic) bond motifs is 1. The van der Waals surface area contributed by atoms with E-state index in [1.807, 2.05) is 44.2 Å². The molecule has 1 heterocycles. The molecule has 0 atom stereocenters. The Bertz CT molecular complexity index is 926. The first-order valence-corrected chi connectivity index (χ1v) is 9.02. The highest BCUT2D eigenvalue weighted by Gasteiger charge is 2.16. The number of anilines is 2. The van der Waals surface area contributed by atoms with Crippen LogP contribution in [-0.2, 0) is 6.54 Å². The predicted molar refractivity (Wildman–Crippen MR) is 107 cm³/mol. The zero-order chi connectivity index (χ0) is 18.7. The van der Waals surface area contributed by atoms with Crippen molar-refractivity contribution in [2.45, 2.75) is 20.4 Å². The Kier molecular flexibility index (Phi) is 5.32. The molecule has 136 valence electrons. The summed E-state index contributed by atoms with van der Waals surface area (Å²) in [4.78, 5) is 4.34. The van der Waals surface area contributed by atoms with Crippen molar-refractivity contribution in [3.63, 3.8) is 0 Å². The van der Waals surface area contributed by atoms with Crippen LogP contribution < -0.4 is 5.32 Å². The first-order chi connectivity index (χ1) is 12.4. The lowest BCUT2D eigenvalue weighted by Gasteiger charge is -2.41. The largest absolute Gasteiger partial charge is 0.633 e. The summed E-state index contributed by atoms with van der Waals surface area (Å²) >= 11 is 6.04. The molecule has 0 amide bonds. The first-order valence-electron chi connectivity index (χ1n) is 8.64. The molecule has 0 fully saturated rings. The quantitative estimate of drug-likeness (QED) is 0.355. The minimum Gasteiger partial charge on any atom is -0.633 e. The smallest absolute Gasteiger partial charge is 0.124 e. The average molecular weight is 372 g/mol. The van der Waals surface area contributed by atoms with Crippen molar-refractivity contribution >= 4 is 33.9 Å². The SMILES string of the molecule is CC[N+]([O-])(CC)Cc1cc(Nc2ccnc3cc(Cl)ccc23)ccc1O. The second kappa shape index (κ2) is 7.50. The second-order valence-corrected chi connectivity index (χ2v) is 6.77. The van der Waals surface area contributed by atoms with Gasteiger partial charge in [0.2, 0.25) is 0 Å². The number of hydrogen-bond acceptors (Lipinski definition) is 4. The number of hydrogen-bond donors (Lipinski definition) is 2. The number of hydroxylamine groups is 3. The van der Waals surface area contributed by atoms with Gasteiger partial charge in [0.25, 0.3) is 0 Å². The molecule has 2 N–H and O–H groups in total. The van der Waals surface area contributed by atoms with Gasteiger partial charge in [0.05, 0.1) is 24.2 Å². The monoisotopic (exact) mass is 371 g/mol. The third-order valence-electron chi connectivity index (χ3n) is 4.67. The summed E-state index contributed by atoms with van der Waals surface area (Å²) in [6.07, 6.45) is 1.72. The maximum Gasteiger partial charge on any atom is 0.124 e. The minimum absolute atomic E-state index is 0.141. The number of aromatic nitrogens is 1. The maximum atomic E-state index is 12.6. The van der Waals surface area contributed by atoms with Gasteiger partial charge in [-0.3, -0.25) is 4.98 Å². The van der Waals surface area contributed by atoms with Crippen molar-refractivity contribution in [1.29, 1.82) is 0 Å². The van der Waals surface area contributed by atoms with E-state index in [4.69, 9.17) is 11.6 Å². The summed E-state index contributed by atoms with van der Waals surface area (Å²) in [6.45, 7) is 4.89. The maximum absolute atomic E-state index is 12.6. The molecular formula is C20H22ClN3O2. The number of quaternary nitrogens is 1. The standard InChI is InChI=1S/C20H22ClN3O2/c1-3-24(26,4-2)13-14-11-16(6-8-20(14)25)23-18-9-10-22-19-12-15(21)5-7-17(18)19/h5-12,25H,3-4,13H2,1-2H3,(H,22,23). The van der Waals surface area contributed by atoms with Crippen LogP contribution in [0.15, 0.2) is 48.7 Å². The van der Waals surface area contributed by atoms with E-state index in [2.05, 4.69) is 10.3 Å². The van der Waals surface area contributed by atoms with Crippen LogP contribution in [0.5, 0.6) is 5.75 Å². The van der Waals surface area contributed by atoms with Crippen LogP contribution >= 0.6 is 11.6 Å². The number of benzene rings is 2. The normalized spacial score (nSPS) is 11.7. The summed E-state index contributed by atoms with van der Waals surface area (Å²) in [5.74, 6) is 0.141. The van der Waals surface area contributed by atoms with Gasteiger partial charge in [0.15, 0.2) is 0 Å². The van der Waals surface area contributed by atoms with E-state index in [9.17, 15) is 10.3 Å². The van der Waals surface area contributed by atoms with Crippen LogP contribution in [0.4, 0.5) is 11.4 Å². The van der Waals surface area contributed by atoms with Gasteiger partial charge in [0.1, 0.15) is 12.3 Å². The first kappa shape index (κ1) is 18.5. The molecule has 0 bridgehead atoms. The summed E-state index contributed by atoms with van der Waals surface area (Å²) in [5.41, 5.74) is 3.12. The number of halogens is 1. The fourth-order valence-corrected chi connectivity index (χ4v) is 3.10. The summed E-state index contributed by atoms with van der Waals surface area (Å²) in [7, 11) is 0. The Morgan fingerprint density at radius 3 is 2.62 bits per heavy atom. The number of pyridine rings is 1. The van der Waals surface area contributed by atoms with E-state index in [1.54, 1.807) is 18.3 Å². The highest BCUT2D eigenvalue weighted by atomic mass is 35.5. The van der Waals surface area contributed by atoms with Crippen molar-refractivity contribution in [2.24, 2.45) is 0 Å². The Hall–Kier alpha value is -2.34. The van der Waals surface area contributed by atoms with Gasteiger partial charge in [-0.05, 0) is 56.3 Å². The Morgan fingerprint density at radius 1 is 1.12 bits per heavy atom. The lowest BCUT2D eigenvalue weighted by atomic mass is 10.1. The van der Waals surface area contributed by atoms with Crippen LogP contribution in [-0.4, -0.2) is 27.8 Å². The van der Waals surface area contributed by atoms with Gasteiger partial charge in [-0.25, -0.2) is 0 Å². The number of nitrogens with one attached hydrogen (secondary N) is 1. The van der Waals surface area contributed by atoms with Gasteiger partial charge in [-0.2, -0.15) is 0 Å². The minimum atomic E-state index is -0.367. The number of rotatable bonds is 6. The molecular weight excluding hydrogens is 350 g/mol. The highest BCUT2D eigenvalue weighted by Crippen LogP contribution is 2.30. The zero-order valence-electron chi connectivity index (χ0n) is 14.9. The van der Waals surface area contributed by atoms with E-state index in [-0.39, 0.29) is 16.9 Å². The van der Waals surface area contributed by atoms with Crippen LogP contribution in [0.25, 0.3) is 10.9 Å². The number of phenolic OH excluding ortho intramolecular Hbond substituents is 1. The Balaban J connectivity index is 1.93. The van der Waals surface area contributed by atoms with E-state index < -0.39 is 0 Å². The highest BCUT2D eigenvalue weighted by molar-refractivity contribution is 6.31. The lowest BCUT2D eigenvalue weighted by molar-refractivity contribution is -0.890. The van der Waals surface area contributed by atoms with E-state index >= 15 is 0 Å². The van der Waals surface area contributed by atoms with Crippen molar-refractivity contribution in [1.82, 2.24) is 4.98 Å². The molecule has 0 saturated carbocycles. The molecule has 0 spiro atoms. The van der Waals surface area contributed by atoms with E-state index in [0.717, 1.165) is 22.3 Å². The molecule has 0 unspecified atom stereocenters. The molecule has 0 aliphatic heterocycles. The van der Waals surface area contributed by atoms with Crippen LogP contribution in [0.2, 0.25) is 5.02 Å². The van der Waals surface area contributed by atoms with Gasteiger partial charge in [-0.1, -0.05) is 11.6 Å². The van der Waals surface area contributed by atoms with Gasteiger partial charge >= 0.3 is 0 Å². The number of phenols is 1. The molecule has 0 aliphatic carbocycles. The van der Waals surface area contributed by atoms with Crippen molar-refractivity contribution in [2.75, 3.05) is 18.4 Å². The topological polar surface area (TPSA) is 68.2 Å². The Labute approximate surface area is 158 Å². The molecule has 2 aromatic carbocycles. The molecule has 3 aromatic rings. The predicted octanol–water partition coefficient (Wildman–Crippen LogP) is 5.19. The molecule has 5 nitrogen and oxygen atoms in total. The number of aromatic hydroxyl groups is 1. The molecule has 6 heteroatoms. The molecule has 26 heavy (non-hydrogen) atoms. The van der Waals surface area contributed by atoms with Crippen LogP contribution in [0.3, 0.4) is 0 Å². The number of nitrogens with zero attached hydrogens (tertiary/aromatic N) is 2. The molecule has 0 aliphatic rings. The van der Waals surface area contributed by atoms with Crippen molar-refractivity contribution in [3.05, 3.63) is 64.5 Å². The van der Waals surface area contributed by atoms with E-state index in [1.165, 1.54) is 0 Å². The third-order valence-corrected chi connectivity index (χ3v) is 4.91. The lowest BCUT2D eigenvalue weighted by Crippen LogP contribution is -2.40. The fraction of sp³-hybridized carbons (Fsp3) is 0.250. The fourth-order valence-electron chi connectivity index (χ4n) is 2.93. The molecule has 3 rings (SSSR count). The third kappa shape index (κ3) is 3.90. The van der Waals surface area contributed by atoms with Crippen LogP contribution in [0.1, 0.15) is 19.4 Å². The average Bonchev–Trinajstić information content (AvgIpc) is 2.64.